The number of ether oxygens (including phenoxy) is 1. The molecule has 1 fully saturated rings. The molecule has 2 rings (SSSR count). The van der Waals surface area contributed by atoms with Crippen LogP contribution in [0.15, 0.2) is 23.8 Å². The van der Waals surface area contributed by atoms with E-state index in [0.29, 0.717) is 12.0 Å². The second kappa shape index (κ2) is 6.19. The van der Waals surface area contributed by atoms with Gasteiger partial charge in [-0.3, -0.25) is 9.59 Å². The third kappa shape index (κ3) is 2.98. The second-order valence-corrected chi connectivity index (χ2v) is 6.91. The highest BCUT2D eigenvalue weighted by molar-refractivity contribution is 6.01. The number of hydrogen-bond acceptors (Lipinski definition) is 6. The number of ketones is 1. The maximum absolute atomic E-state index is 12.6. The summed E-state index contributed by atoms with van der Waals surface area (Å²) in [4.78, 5) is 23.8. The van der Waals surface area contributed by atoms with Crippen molar-refractivity contribution in [2.45, 2.75) is 45.5 Å². The van der Waals surface area contributed by atoms with Crippen LogP contribution in [0.5, 0.6) is 0 Å². The lowest BCUT2D eigenvalue weighted by atomic mass is 9.50. The van der Waals surface area contributed by atoms with Gasteiger partial charge in [0, 0.05) is 19.4 Å². The van der Waals surface area contributed by atoms with Gasteiger partial charge in [-0.15, -0.1) is 0 Å². The molecule has 0 aromatic carbocycles. The van der Waals surface area contributed by atoms with Crippen LogP contribution in [0.2, 0.25) is 0 Å². The van der Waals surface area contributed by atoms with Crippen molar-refractivity contribution in [1.82, 2.24) is 0 Å². The van der Waals surface area contributed by atoms with Gasteiger partial charge in [-0.25, -0.2) is 0 Å². The predicted octanol–water partition coefficient (Wildman–Crippen LogP) is 0.360. The Bertz CT molecular complexity index is 565. The molecule has 2 aliphatic rings. The summed E-state index contributed by atoms with van der Waals surface area (Å²) < 4.78 is 5.04. The van der Waals surface area contributed by atoms with E-state index in [9.17, 15) is 24.9 Å². The Morgan fingerprint density at radius 1 is 1.48 bits per heavy atom. The van der Waals surface area contributed by atoms with Crippen LogP contribution in [0.25, 0.3) is 0 Å². The summed E-state index contributed by atoms with van der Waals surface area (Å²) in [5.74, 6) is -1.89. The van der Waals surface area contributed by atoms with Gasteiger partial charge in [0.25, 0.3) is 0 Å². The number of aliphatic hydroxyl groups excluding tert-OH is 3. The lowest BCUT2D eigenvalue weighted by molar-refractivity contribution is -0.152. The van der Waals surface area contributed by atoms with E-state index >= 15 is 0 Å². The summed E-state index contributed by atoms with van der Waals surface area (Å²) in [6.07, 6.45) is -1.66. The Morgan fingerprint density at radius 3 is 2.61 bits per heavy atom. The molecule has 0 radical (unpaired) electrons. The Hall–Kier alpha value is -1.50. The van der Waals surface area contributed by atoms with E-state index in [-0.39, 0.29) is 18.1 Å². The first-order chi connectivity index (χ1) is 10.6. The minimum atomic E-state index is -1.20. The molecule has 0 aliphatic heterocycles. The van der Waals surface area contributed by atoms with Crippen LogP contribution < -0.4 is 0 Å². The van der Waals surface area contributed by atoms with Crippen molar-refractivity contribution in [1.29, 1.82) is 0 Å². The van der Waals surface area contributed by atoms with Crippen LogP contribution in [0, 0.1) is 17.3 Å². The molecule has 0 spiro atoms. The van der Waals surface area contributed by atoms with Gasteiger partial charge in [0.05, 0.1) is 6.10 Å². The quantitative estimate of drug-likeness (QED) is 0.385. The molecule has 0 aromatic rings. The zero-order chi connectivity index (χ0) is 17.5. The van der Waals surface area contributed by atoms with Crippen LogP contribution in [0.4, 0.5) is 0 Å². The van der Waals surface area contributed by atoms with Crippen molar-refractivity contribution in [3.05, 3.63) is 23.8 Å². The van der Waals surface area contributed by atoms with E-state index in [4.69, 9.17) is 4.74 Å². The van der Waals surface area contributed by atoms with Crippen molar-refractivity contribution in [3.63, 3.8) is 0 Å². The smallest absolute Gasteiger partial charge is 0.303 e. The molecular weight excluding hydrogens is 300 g/mol. The number of Topliss-reactive ketones (excluding diaryl/α,β-unsaturated/α-hetero) is 1. The summed E-state index contributed by atoms with van der Waals surface area (Å²) in [6, 6.07) is 0. The van der Waals surface area contributed by atoms with Crippen LogP contribution >= 0.6 is 0 Å². The molecule has 6 heteroatoms. The summed E-state index contributed by atoms with van der Waals surface area (Å²) >= 11 is 0. The molecule has 6 atom stereocenters. The molecule has 0 unspecified atom stereocenters. The molecule has 2 aliphatic carbocycles. The fraction of sp³-hybridized carbons (Fsp3) is 0.647. The summed E-state index contributed by atoms with van der Waals surface area (Å²) in [7, 11) is 0. The third-order valence-electron chi connectivity index (χ3n) is 5.17. The molecule has 128 valence electrons. The van der Waals surface area contributed by atoms with Crippen LogP contribution in [-0.2, 0) is 14.3 Å². The number of aliphatic hydroxyl groups is 3. The van der Waals surface area contributed by atoms with Gasteiger partial charge in [0.2, 0.25) is 5.78 Å². The zero-order valence-corrected chi connectivity index (χ0v) is 13.7. The first kappa shape index (κ1) is 17.8. The Kier molecular flexibility index (Phi) is 4.80. The molecule has 0 aromatic heterocycles. The molecule has 3 N–H and O–H groups in total. The van der Waals surface area contributed by atoms with Crippen LogP contribution in [0.3, 0.4) is 0 Å². The Labute approximate surface area is 135 Å². The average Bonchev–Trinajstić information content (AvgIpc) is 2.49. The number of rotatable bonds is 2. The van der Waals surface area contributed by atoms with Gasteiger partial charge < -0.3 is 20.1 Å². The SMILES string of the molecule is C=C1C(=O)[C@H](OC(C)=O)/C=C(/C)[C@@H](O)[C@@H](O)[C@H]2[C@@H]1C[C@]2(C)CO. The van der Waals surface area contributed by atoms with Gasteiger partial charge in [-0.2, -0.15) is 0 Å². The monoisotopic (exact) mass is 324 g/mol. The Balaban J connectivity index is 2.44. The first-order valence-corrected chi connectivity index (χ1v) is 7.68. The minimum absolute atomic E-state index is 0.157. The predicted molar refractivity (Wildman–Crippen MR) is 82.3 cm³/mol. The van der Waals surface area contributed by atoms with Crippen LogP contribution in [-0.4, -0.2) is 52.0 Å². The molecule has 23 heavy (non-hydrogen) atoms. The highest BCUT2D eigenvalue weighted by Gasteiger charge is 2.57. The van der Waals surface area contributed by atoms with E-state index in [1.807, 2.05) is 6.92 Å². The van der Waals surface area contributed by atoms with Crippen molar-refractivity contribution >= 4 is 11.8 Å². The summed E-state index contributed by atoms with van der Waals surface area (Å²) in [5.41, 5.74) is 0.0117. The number of carbonyl (C=O) groups excluding carboxylic acids is 2. The number of carbonyl (C=O) groups is 2. The van der Waals surface area contributed by atoms with E-state index in [1.165, 1.54) is 13.0 Å². The molecule has 1 saturated carbocycles. The molecule has 6 nitrogen and oxygen atoms in total. The molecule has 0 bridgehead atoms. The van der Waals surface area contributed by atoms with Crippen molar-refractivity contribution < 1.29 is 29.6 Å². The van der Waals surface area contributed by atoms with Gasteiger partial charge in [0.1, 0.15) is 6.10 Å². The topological polar surface area (TPSA) is 104 Å². The number of hydrogen-bond donors (Lipinski definition) is 3. The van der Waals surface area contributed by atoms with Gasteiger partial charge >= 0.3 is 5.97 Å². The number of esters is 1. The first-order valence-electron chi connectivity index (χ1n) is 7.68. The minimum Gasteiger partial charge on any atom is -0.450 e. The van der Waals surface area contributed by atoms with Crippen LogP contribution in [0.1, 0.15) is 27.2 Å². The molecular formula is C17H24O6. The lowest BCUT2D eigenvalue weighted by Gasteiger charge is -2.55. The molecule has 0 heterocycles. The fourth-order valence-electron chi connectivity index (χ4n) is 3.76. The van der Waals surface area contributed by atoms with Crippen molar-refractivity contribution in [3.8, 4) is 0 Å². The summed E-state index contributed by atoms with van der Waals surface area (Å²) in [5, 5.41) is 30.5. The largest absolute Gasteiger partial charge is 0.450 e. The standard InChI is InChI=1S/C17H24O6/c1-8-5-12(23-10(3)19)15(21)9(2)11-6-17(4,7-18)13(11)16(22)14(8)20/h5,11-14,16,18,20,22H,2,6-7H2,1,3-4H3/b8-5-/t11-,12-,13-,14-,16+,17-/m1/s1. The normalized spacial score (nSPS) is 43.2. The number of fused-ring (bicyclic) bond motifs is 1. The van der Waals surface area contributed by atoms with E-state index in [0.717, 1.165) is 0 Å². The van der Waals surface area contributed by atoms with E-state index in [2.05, 4.69) is 6.58 Å². The van der Waals surface area contributed by atoms with Crippen molar-refractivity contribution in [2.75, 3.05) is 6.61 Å². The maximum Gasteiger partial charge on any atom is 0.303 e. The van der Waals surface area contributed by atoms with E-state index in [1.54, 1.807) is 6.92 Å². The third-order valence-corrected chi connectivity index (χ3v) is 5.17. The highest BCUT2D eigenvalue weighted by Crippen LogP contribution is 2.56. The molecule has 0 amide bonds. The van der Waals surface area contributed by atoms with Crippen molar-refractivity contribution in [2.24, 2.45) is 17.3 Å². The van der Waals surface area contributed by atoms with E-state index < -0.39 is 41.4 Å². The average molecular weight is 324 g/mol. The highest BCUT2D eigenvalue weighted by atomic mass is 16.5. The maximum atomic E-state index is 12.6. The fourth-order valence-corrected chi connectivity index (χ4v) is 3.76. The van der Waals surface area contributed by atoms with Gasteiger partial charge in [0.15, 0.2) is 6.10 Å². The second-order valence-electron chi connectivity index (χ2n) is 6.91. The van der Waals surface area contributed by atoms with Gasteiger partial charge in [-0.05, 0) is 41.9 Å². The zero-order valence-electron chi connectivity index (χ0n) is 13.7. The van der Waals surface area contributed by atoms with Gasteiger partial charge in [-0.1, -0.05) is 13.5 Å². The summed E-state index contributed by atoms with van der Waals surface area (Å²) in [6.45, 7) is 8.24. The molecule has 0 saturated heterocycles. The Morgan fingerprint density at radius 2 is 2.09 bits per heavy atom. The lowest BCUT2D eigenvalue weighted by Crippen LogP contribution is -2.57.